The van der Waals surface area contributed by atoms with Gasteiger partial charge in [-0.2, -0.15) is 0 Å². The number of unbranched alkanes of at least 4 members (excludes halogenated alkanes) is 13. The summed E-state index contributed by atoms with van der Waals surface area (Å²) >= 11 is 0. The van der Waals surface area contributed by atoms with Crippen LogP contribution in [-0.4, -0.2) is 46.1 Å². The smallest absolute Gasteiger partial charge is 0.345 e. The molecule has 0 amide bonds. The number of rotatable bonds is 21. The maximum absolute atomic E-state index is 11.4. The van der Waals surface area contributed by atoms with E-state index in [1.807, 2.05) is 0 Å². The second-order valence-electron chi connectivity index (χ2n) is 8.61. The van der Waals surface area contributed by atoms with Crippen molar-refractivity contribution in [3.8, 4) is 0 Å². The van der Waals surface area contributed by atoms with Crippen molar-refractivity contribution in [2.24, 2.45) is 5.92 Å². The van der Waals surface area contributed by atoms with Crippen LogP contribution in [0.15, 0.2) is 0 Å². The molecule has 0 spiro atoms. The maximum Gasteiger partial charge on any atom is 0.345 e. The molecule has 0 rings (SSSR count). The minimum Gasteiger partial charge on any atom is -0.479 e. The highest BCUT2D eigenvalue weighted by molar-refractivity contribution is 5.79. The second kappa shape index (κ2) is 19.8. The first-order valence-corrected chi connectivity index (χ1v) is 12.1. The van der Waals surface area contributed by atoms with Crippen LogP contribution in [0.2, 0.25) is 0 Å². The molecule has 0 fully saturated rings. The lowest BCUT2D eigenvalue weighted by molar-refractivity contribution is -0.170. The Hall–Kier alpha value is -1.14. The van der Waals surface area contributed by atoms with Gasteiger partial charge in [-0.25, -0.2) is 9.59 Å². The van der Waals surface area contributed by atoms with Crippen LogP contribution >= 0.6 is 0 Å². The number of ether oxygens (including phenoxy) is 1. The van der Waals surface area contributed by atoms with Crippen molar-refractivity contribution in [2.45, 2.75) is 129 Å². The van der Waals surface area contributed by atoms with Crippen LogP contribution in [0.4, 0.5) is 0 Å². The fourth-order valence-corrected chi connectivity index (χ4v) is 3.65. The fourth-order valence-electron chi connectivity index (χ4n) is 3.65. The van der Waals surface area contributed by atoms with E-state index in [0.29, 0.717) is 6.42 Å². The van der Waals surface area contributed by atoms with E-state index in [2.05, 4.69) is 6.92 Å². The molecule has 0 aromatic carbocycles. The molecule has 6 heteroatoms. The number of aliphatic hydroxyl groups excluding tert-OH is 2. The highest BCUT2D eigenvalue weighted by atomic mass is 16.6. The number of esters is 1. The van der Waals surface area contributed by atoms with E-state index < -0.39 is 24.1 Å². The molecule has 0 aromatic heterocycles. The SMILES string of the molecule is CCCCCCCCCCCCCCCCC(CO)CC(OC(=O)C(C)O)C(=O)O. The summed E-state index contributed by atoms with van der Waals surface area (Å²) < 4.78 is 4.83. The Bertz CT molecular complexity index is 424. The normalized spacial score (nSPS) is 14.3. The number of carboxylic acids is 1. The summed E-state index contributed by atoms with van der Waals surface area (Å²) in [4.78, 5) is 22.7. The Morgan fingerprint density at radius 1 is 0.800 bits per heavy atom. The summed E-state index contributed by atoms with van der Waals surface area (Å²) in [5, 5.41) is 27.9. The van der Waals surface area contributed by atoms with Crippen molar-refractivity contribution < 1.29 is 29.6 Å². The Labute approximate surface area is 183 Å². The molecular formula is C24H46O6. The van der Waals surface area contributed by atoms with Gasteiger partial charge in [0.25, 0.3) is 0 Å². The van der Waals surface area contributed by atoms with Crippen LogP contribution in [0, 0.1) is 5.92 Å². The van der Waals surface area contributed by atoms with Gasteiger partial charge in [-0.05, 0) is 19.3 Å². The third-order valence-corrected chi connectivity index (χ3v) is 5.65. The van der Waals surface area contributed by atoms with Crippen molar-refractivity contribution in [1.82, 2.24) is 0 Å². The van der Waals surface area contributed by atoms with Crippen LogP contribution in [0.5, 0.6) is 0 Å². The van der Waals surface area contributed by atoms with Gasteiger partial charge in [-0.15, -0.1) is 0 Å². The average Bonchev–Trinajstić information content (AvgIpc) is 2.71. The molecule has 3 N–H and O–H groups in total. The number of hydrogen-bond donors (Lipinski definition) is 3. The third kappa shape index (κ3) is 16.6. The van der Waals surface area contributed by atoms with E-state index in [-0.39, 0.29) is 18.9 Å². The quantitative estimate of drug-likeness (QED) is 0.170. The number of carboxylic acid groups (broad SMARTS) is 1. The predicted molar refractivity (Wildman–Crippen MR) is 119 cm³/mol. The molecule has 0 aromatic rings. The van der Waals surface area contributed by atoms with Gasteiger partial charge in [0.2, 0.25) is 0 Å². The number of aliphatic hydroxyl groups is 2. The van der Waals surface area contributed by atoms with E-state index in [1.165, 1.54) is 77.6 Å². The molecule has 0 heterocycles. The molecule has 0 aliphatic heterocycles. The van der Waals surface area contributed by atoms with Crippen molar-refractivity contribution >= 4 is 11.9 Å². The van der Waals surface area contributed by atoms with Gasteiger partial charge < -0.3 is 20.1 Å². The minimum atomic E-state index is -1.36. The molecule has 0 saturated carbocycles. The third-order valence-electron chi connectivity index (χ3n) is 5.65. The zero-order chi connectivity index (χ0) is 22.6. The first-order chi connectivity index (χ1) is 14.4. The minimum absolute atomic E-state index is 0.0722. The molecule has 0 radical (unpaired) electrons. The van der Waals surface area contributed by atoms with Gasteiger partial charge in [0.15, 0.2) is 6.10 Å². The molecular weight excluding hydrogens is 384 g/mol. The average molecular weight is 431 g/mol. The summed E-state index contributed by atoms with van der Waals surface area (Å²) in [6, 6.07) is 0. The number of carbonyl (C=O) groups excluding carboxylic acids is 1. The summed E-state index contributed by atoms with van der Waals surface area (Å²) in [6.07, 6.45) is 16.0. The molecule has 0 aliphatic carbocycles. The molecule has 30 heavy (non-hydrogen) atoms. The first-order valence-electron chi connectivity index (χ1n) is 12.1. The molecule has 0 aliphatic rings. The van der Waals surface area contributed by atoms with Crippen LogP contribution in [-0.2, 0) is 14.3 Å². The van der Waals surface area contributed by atoms with Gasteiger partial charge in [-0.3, -0.25) is 0 Å². The number of carbonyl (C=O) groups is 2. The van der Waals surface area contributed by atoms with Gasteiger partial charge in [0, 0.05) is 13.0 Å². The summed E-state index contributed by atoms with van der Waals surface area (Å²) in [5.41, 5.74) is 0. The molecule has 3 atom stereocenters. The van der Waals surface area contributed by atoms with Gasteiger partial charge >= 0.3 is 11.9 Å². The molecule has 3 unspecified atom stereocenters. The second-order valence-corrected chi connectivity index (χ2v) is 8.61. The topological polar surface area (TPSA) is 104 Å². The van der Waals surface area contributed by atoms with Gasteiger partial charge in [0.05, 0.1) is 0 Å². The van der Waals surface area contributed by atoms with Crippen LogP contribution in [0.1, 0.15) is 117 Å². The van der Waals surface area contributed by atoms with E-state index in [0.717, 1.165) is 19.3 Å². The lowest BCUT2D eigenvalue weighted by Crippen LogP contribution is -2.33. The highest BCUT2D eigenvalue weighted by Crippen LogP contribution is 2.19. The van der Waals surface area contributed by atoms with Crippen molar-refractivity contribution in [3.05, 3.63) is 0 Å². The van der Waals surface area contributed by atoms with Crippen LogP contribution in [0.25, 0.3) is 0 Å². The van der Waals surface area contributed by atoms with E-state index in [1.54, 1.807) is 0 Å². The summed E-state index contributed by atoms with van der Waals surface area (Å²) in [5.74, 6) is -2.41. The first kappa shape index (κ1) is 28.9. The lowest BCUT2D eigenvalue weighted by atomic mass is 9.95. The molecule has 6 nitrogen and oxygen atoms in total. The number of hydrogen-bond acceptors (Lipinski definition) is 5. The Balaban J connectivity index is 3.72. The molecule has 0 bridgehead atoms. The van der Waals surface area contributed by atoms with Crippen molar-refractivity contribution in [1.29, 1.82) is 0 Å². The largest absolute Gasteiger partial charge is 0.479 e. The molecule has 178 valence electrons. The number of aliphatic carboxylic acids is 1. The predicted octanol–water partition coefficient (Wildman–Crippen LogP) is 5.23. The summed E-state index contributed by atoms with van der Waals surface area (Å²) in [7, 11) is 0. The summed E-state index contributed by atoms with van der Waals surface area (Å²) in [6.45, 7) is 3.35. The van der Waals surface area contributed by atoms with Crippen molar-refractivity contribution in [2.75, 3.05) is 6.61 Å². The monoisotopic (exact) mass is 430 g/mol. The standard InChI is InChI=1S/C24H46O6/c1-3-4-5-6-7-8-9-10-11-12-13-14-15-16-17-21(19-25)18-22(23(27)28)30-24(29)20(2)26/h20-22,25-26H,3-19H2,1-2H3,(H,27,28). The van der Waals surface area contributed by atoms with Crippen LogP contribution in [0.3, 0.4) is 0 Å². The zero-order valence-corrected chi connectivity index (χ0v) is 19.3. The highest BCUT2D eigenvalue weighted by Gasteiger charge is 2.27. The van der Waals surface area contributed by atoms with E-state index in [9.17, 15) is 24.9 Å². The van der Waals surface area contributed by atoms with Gasteiger partial charge in [0.1, 0.15) is 6.10 Å². The van der Waals surface area contributed by atoms with Crippen molar-refractivity contribution in [3.63, 3.8) is 0 Å². The Morgan fingerprint density at radius 3 is 1.60 bits per heavy atom. The Morgan fingerprint density at radius 2 is 1.23 bits per heavy atom. The molecule has 0 saturated heterocycles. The Kier molecular flexibility index (Phi) is 19.0. The lowest BCUT2D eigenvalue weighted by Gasteiger charge is -2.20. The van der Waals surface area contributed by atoms with Gasteiger partial charge in [-0.1, -0.05) is 96.8 Å². The van der Waals surface area contributed by atoms with Crippen LogP contribution < -0.4 is 0 Å². The zero-order valence-electron chi connectivity index (χ0n) is 19.3. The van der Waals surface area contributed by atoms with E-state index in [4.69, 9.17) is 4.74 Å². The van der Waals surface area contributed by atoms with E-state index >= 15 is 0 Å². The maximum atomic E-state index is 11.4. The fraction of sp³-hybridized carbons (Fsp3) is 0.917.